The first-order valence-corrected chi connectivity index (χ1v) is 19.2. The van der Waals surface area contributed by atoms with Gasteiger partial charge in [0.15, 0.2) is 0 Å². The van der Waals surface area contributed by atoms with Crippen molar-refractivity contribution < 1.29 is 0 Å². The first-order chi connectivity index (χ1) is 24.0. The molecule has 0 saturated carbocycles. The third-order valence-electron chi connectivity index (χ3n) is 11.4. The highest BCUT2D eigenvalue weighted by atomic mass is 32.1. The van der Waals surface area contributed by atoms with E-state index in [0.717, 1.165) is 19.3 Å². The maximum Gasteiger partial charge on any atom is 0.285 e. The van der Waals surface area contributed by atoms with E-state index in [1.807, 2.05) is 0 Å². The Morgan fingerprint density at radius 1 is 0.592 bits per heavy atom. The van der Waals surface area contributed by atoms with Gasteiger partial charge in [0.05, 0.1) is 11.4 Å². The summed E-state index contributed by atoms with van der Waals surface area (Å²) in [5, 5.41) is 0. The Kier molecular flexibility index (Phi) is 6.62. The second kappa shape index (κ2) is 11.0. The molecule has 5 heteroatoms. The van der Waals surface area contributed by atoms with E-state index in [9.17, 15) is 0 Å². The molecule has 6 aromatic rings. The molecule has 242 valence electrons. The van der Waals surface area contributed by atoms with Gasteiger partial charge in [-0.15, -0.1) is 0 Å². The number of nitrogens with zero attached hydrogens (tertiary/aromatic N) is 3. The number of anilines is 6. The molecule has 0 N–H and O–H groups in total. The number of hydrogen-bond donors (Lipinski definition) is 0. The van der Waals surface area contributed by atoms with Crippen molar-refractivity contribution in [3.8, 4) is 5.69 Å². The molecule has 4 aromatic carbocycles. The quantitative estimate of drug-likeness (QED) is 0.176. The summed E-state index contributed by atoms with van der Waals surface area (Å²) < 4.78 is 4.25. The number of fused-ring (bicyclic) bond motifs is 8. The number of rotatable bonds is 3. The van der Waals surface area contributed by atoms with Crippen LogP contribution in [0.4, 0.5) is 34.1 Å². The molecule has 0 radical (unpaired) electrons. The Morgan fingerprint density at radius 3 is 1.73 bits per heavy atom. The fourth-order valence-corrected chi connectivity index (χ4v) is 10.7. The predicted octanol–water partition coefficient (Wildman–Crippen LogP) is 9.68. The smallest absolute Gasteiger partial charge is 0.285 e. The molecule has 2 aliphatic carbocycles. The lowest BCUT2D eigenvalue weighted by Gasteiger charge is -2.44. The van der Waals surface area contributed by atoms with Crippen LogP contribution in [0, 0.1) is 0 Å². The van der Waals surface area contributed by atoms with Crippen LogP contribution in [0.3, 0.4) is 0 Å². The Hall–Kier alpha value is -4.48. The van der Waals surface area contributed by atoms with E-state index in [-0.39, 0.29) is 12.1 Å². The lowest BCUT2D eigenvalue weighted by Crippen LogP contribution is -2.62. The molecule has 10 rings (SSSR count). The van der Waals surface area contributed by atoms with Crippen molar-refractivity contribution in [1.29, 1.82) is 0 Å². The van der Waals surface area contributed by atoms with E-state index in [4.69, 9.17) is 0 Å². The zero-order chi connectivity index (χ0) is 32.9. The second-order valence-electron chi connectivity index (χ2n) is 15.4. The lowest BCUT2D eigenvalue weighted by molar-refractivity contribution is 0.590. The van der Waals surface area contributed by atoms with Gasteiger partial charge in [-0.2, -0.15) is 11.3 Å². The summed E-state index contributed by atoms with van der Waals surface area (Å²) in [6.07, 6.45) is 9.64. The van der Waals surface area contributed by atoms with Crippen molar-refractivity contribution in [2.75, 3.05) is 9.80 Å². The van der Waals surface area contributed by atoms with E-state index < -0.39 is 0 Å². The highest BCUT2D eigenvalue weighted by molar-refractivity contribution is 7.29. The average molecular weight is 656 g/mol. The summed E-state index contributed by atoms with van der Waals surface area (Å²) >= 11 is 2.12. The zero-order valence-electron chi connectivity index (χ0n) is 28.8. The number of hydrogen-bond acceptors (Lipinski definition) is 3. The third-order valence-corrected chi connectivity index (χ3v) is 12.8. The molecule has 3 nitrogen and oxygen atoms in total. The van der Waals surface area contributed by atoms with E-state index in [0.29, 0.717) is 0 Å². The molecular formula is C44H42BN3S. The van der Waals surface area contributed by atoms with Gasteiger partial charge in [-0.1, -0.05) is 75.4 Å². The fourth-order valence-electron chi connectivity index (χ4n) is 9.24. The van der Waals surface area contributed by atoms with Gasteiger partial charge in [0, 0.05) is 49.4 Å². The first-order valence-electron chi connectivity index (χ1n) is 18.3. The Morgan fingerprint density at radius 2 is 1.12 bits per heavy atom. The lowest BCUT2D eigenvalue weighted by atomic mass is 9.37. The summed E-state index contributed by atoms with van der Waals surface area (Å²) in [6.45, 7) is 7.29. The monoisotopic (exact) mass is 655 g/mol. The SMILES string of the molecule is CC(C)(C)c1cc2c3c(c1)N(c1ccccc1)c1c4c(n(-c5ccccc5)c1B3c1sc3c(c1N2c1ccccc1)CCCC3)CCCC4. The Balaban J connectivity index is 1.40. The molecule has 0 bridgehead atoms. The molecule has 4 aliphatic rings. The minimum Gasteiger partial charge on any atom is -0.323 e. The minimum absolute atomic E-state index is 0.0181. The summed E-state index contributed by atoms with van der Waals surface area (Å²) in [5.74, 6) is 0. The van der Waals surface area contributed by atoms with Gasteiger partial charge in [-0.3, -0.25) is 0 Å². The largest absolute Gasteiger partial charge is 0.323 e. The van der Waals surface area contributed by atoms with Crippen LogP contribution >= 0.6 is 11.3 Å². The number of thiophene rings is 1. The number of benzene rings is 4. The van der Waals surface area contributed by atoms with Crippen molar-refractivity contribution in [2.45, 2.75) is 77.6 Å². The fraction of sp³-hybridized carbons (Fsp3) is 0.273. The van der Waals surface area contributed by atoms with Crippen molar-refractivity contribution in [2.24, 2.45) is 0 Å². The van der Waals surface area contributed by atoms with Crippen molar-refractivity contribution >= 4 is 68.0 Å². The normalized spacial score (nSPS) is 16.1. The van der Waals surface area contributed by atoms with Crippen LogP contribution in [-0.2, 0) is 31.1 Å². The van der Waals surface area contributed by atoms with Gasteiger partial charge in [0.2, 0.25) is 0 Å². The summed E-state index contributed by atoms with van der Waals surface area (Å²) in [5.41, 5.74) is 18.3. The van der Waals surface area contributed by atoms with E-state index in [1.165, 1.54) is 99.0 Å². The minimum atomic E-state index is -0.0181. The zero-order valence-corrected chi connectivity index (χ0v) is 29.6. The molecule has 0 atom stereocenters. The molecular weight excluding hydrogens is 613 g/mol. The van der Waals surface area contributed by atoms with E-state index in [2.05, 4.69) is 150 Å². The molecule has 0 saturated heterocycles. The van der Waals surface area contributed by atoms with Crippen molar-refractivity contribution in [3.63, 3.8) is 0 Å². The average Bonchev–Trinajstić information content (AvgIpc) is 3.69. The van der Waals surface area contributed by atoms with Gasteiger partial charge in [-0.25, -0.2) is 0 Å². The summed E-state index contributed by atoms with van der Waals surface area (Å²) in [6, 6.07) is 38.8. The molecule has 4 heterocycles. The molecule has 0 unspecified atom stereocenters. The Labute approximate surface area is 294 Å². The number of aryl methyl sites for hydroxylation is 1. The summed E-state index contributed by atoms with van der Waals surface area (Å²) in [7, 11) is 0. The van der Waals surface area contributed by atoms with Crippen LogP contribution in [0.2, 0.25) is 0 Å². The van der Waals surface area contributed by atoms with Crippen LogP contribution in [0.15, 0.2) is 103 Å². The molecule has 2 aliphatic heterocycles. The first kappa shape index (κ1) is 29.4. The molecule has 2 aromatic heterocycles. The van der Waals surface area contributed by atoms with Gasteiger partial charge in [0.1, 0.15) is 0 Å². The molecule has 0 spiro atoms. The molecule has 49 heavy (non-hydrogen) atoms. The van der Waals surface area contributed by atoms with Crippen LogP contribution in [0.1, 0.15) is 73.7 Å². The predicted molar refractivity (Wildman–Crippen MR) is 210 cm³/mol. The number of aromatic nitrogens is 1. The van der Waals surface area contributed by atoms with Gasteiger partial charge in [-0.05, 0) is 127 Å². The van der Waals surface area contributed by atoms with Crippen molar-refractivity contribution in [3.05, 3.63) is 130 Å². The van der Waals surface area contributed by atoms with Crippen LogP contribution in [0.25, 0.3) is 5.69 Å². The molecule has 0 fully saturated rings. The maximum absolute atomic E-state index is 2.72. The van der Waals surface area contributed by atoms with Crippen LogP contribution in [-0.4, -0.2) is 11.3 Å². The van der Waals surface area contributed by atoms with Crippen LogP contribution < -0.4 is 25.6 Å². The van der Waals surface area contributed by atoms with Gasteiger partial charge in [0.25, 0.3) is 6.71 Å². The highest BCUT2D eigenvalue weighted by Gasteiger charge is 2.50. The van der Waals surface area contributed by atoms with E-state index >= 15 is 0 Å². The molecule has 0 amide bonds. The van der Waals surface area contributed by atoms with Gasteiger partial charge < -0.3 is 14.4 Å². The maximum atomic E-state index is 2.72. The van der Waals surface area contributed by atoms with Gasteiger partial charge >= 0.3 is 0 Å². The topological polar surface area (TPSA) is 11.4 Å². The highest BCUT2D eigenvalue weighted by Crippen LogP contribution is 2.51. The third kappa shape index (κ3) is 4.34. The van der Waals surface area contributed by atoms with Crippen LogP contribution in [0.5, 0.6) is 0 Å². The summed E-state index contributed by atoms with van der Waals surface area (Å²) in [4.78, 5) is 6.95. The standard InChI is InChI=1S/C44H42BN3S/c1-44(2,3)29-27-36-39-37(28-29)47(31-19-9-5-10-20-31)41-34-24-14-16-26-38(34)49-43(41)45(39)42-40(46(36)30-17-7-4-8-18-30)33-23-13-15-25-35(33)48(42)32-21-11-6-12-22-32/h4-12,17-22,27-28H,13-16,23-26H2,1-3H3. The second-order valence-corrected chi connectivity index (χ2v) is 16.6. The number of para-hydroxylation sites is 3. The van der Waals surface area contributed by atoms with Crippen molar-refractivity contribution in [1.82, 2.24) is 4.57 Å². The Bertz CT molecular complexity index is 2210. The van der Waals surface area contributed by atoms with E-state index in [1.54, 1.807) is 16.0 Å².